The zero-order valence-corrected chi connectivity index (χ0v) is 16.4. The second-order valence-corrected chi connectivity index (χ2v) is 6.67. The van der Waals surface area contributed by atoms with E-state index in [1.54, 1.807) is 6.92 Å². The second kappa shape index (κ2) is 9.11. The average Bonchev–Trinajstić information content (AvgIpc) is 2.93. The van der Waals surface area contributed by atoms with Crippen LogP contribution < -0.4 is 0 Å². The number of carbonyl (C=O) groups excluding carboxylic acids is 3. The first-order valence-electron chi connectivity index (χ1n) is 9.41. The topological polar surface area (TPSA) is 63.7 Å². The van der Waals surface area contributed by atoms with E-state index >= 15 is 0 Å². The van der Waals surface area contributed by atoms with Crippen molar-refractivity contribution in [2.75, 3.05) is 13.2 Å². The molecular formula is C22H17F4NO4. The highest BCUT2D eigenvalue weighted by atomic mass is 19.1. The number of hydrogen-bond donors (Lipinski definition) is 0. The molecule has 1 aliphatic heterocycles. The van der Waals surface area contributed by atoms with Gasteiger partial charge in [-0.3, -0.25) is 19.3 Å². The lowest BCUT2D eigenvalue weighted by Gasteiger charge is -2.15. The summed E-state index contributed by atoms with van der Waals surface area (Å²) in [7, 11) is 0. The highest BCUT2D eigenvalue weighted by Gasteiger charge is 2.41. The van der Waals surface area contributed by atoms with Crippen LogP contribution in [0, 0.1) is 23.3 Å². The number of hydrogen-bond acceptors (Lipinski definition) is 4. The maximum atomic E-state index is 14.5. The molecule has 0 saturated carbocycles. The van der Waals surface area contributed by atoms with Crippen molar-refractivity contribution < 1.29 is 36.7 Å². The lowest BCUT2D eigenvalue weighted by molar-refractivity contribution is -0.144. The van der Waals surface area contributed by atoms with E-state index in [1.165, 1.54) is 0 Å². The van der Waals surface area contributed by atoms with E-state index in [4.69, 9.17) is 4.74 Å². The van der Waals surface area contributed by atoms with E-state index in [1.807, 2.05) is 0 Å². The number of nitrogens with zero attached hydrogens (tertiary/aromatic N) is 1. The van der Waals surface area contributed by atoms with Crippen LogP contribution in [-0.2, 0) is 19.1 Å². The molecule has 2 aromatic rings. The molecule has 0 bridgehead atoms. The molecule has 9 heteroatoms. The lowest BCUT2D eigenvalue weighted by Crippen LogP contribution is -2.33. The van der Waals surface area contributed by atoms with Crippen molar-refractivity contribution in [1.82, 2.24) is 4.90 Å². The Labute approximate surface area is 174 Å². The average molecular weight is 435 g/mol. The molecule has 0 aliphatic carbocycles. The number of halogens is 4. The summed E-state index contributed by atoms with van der Waals surface area (Å²) in [4.78, 5) is 38.2. The molecule has 0 saturated heterocycles. The number of carbonyl (C=O) groups is 3. The molecule has 0 radical (unpaired) electrons. The predicted octanol–water partition coefficient (Wildman–Crippen LogP) is 3.87. The Hall–Kier alpha value is -3.49. The van der Waals surface area contributed by atoms with E-state index in [2.05, 4.69) is 0 Å². The van der Waals surface area contributed by atoms with Crippen LogP contribution in [-0.4, -0.2) is 35.8 Å². The molecule has 0 atom stereocenters. The SMILES string of the molecule is CCOC(=O)CCCN1C(=O)C(c2ccc(F)cc2F)=C(c2ccc(F)cc2F)C1=O. The number of amides is 2. The van der Waals surface area contributed by atoms with E-state index < -0.39 is 63.3 Å². The third-order valence-electron chi connectivity index (χ3n) is 4.64. The molecule has 5 nitrogen and oxygen atoms in total. The molecule has 162 valence electrons. The first kappa shape index (κ1) is 22.2. The largest absolute Gasteiger partial charge is 0.466 e. The summed E-state index contributed by atoms with van der Waals surface area (Å²) in [5, 5.41) is 0. The second-order valence-electron chi connectivity index (χ2n) is 6.67. The number of benzene rings is 2. The maximum Gasteiger partial charge on any atom is 0.305 e. The van der Waals surface area contributed by atoms with Gasteiger partial charge in [0, 0.05) is 36.2 Å². The molecule has 0 spiro atoms. The van der Waals surface area contributed by atoms with Crippen molar-refractivity contribution in [2.24, 2.45) is 0 Å². The minimum Gasteiger partial charge on any atom is -0.466 e. The smallest absolute Gasteiger partial charge is 0.305 e. The van der Waals surface area contributed by atoms with Crippen LogP contribution in [0.5, 0.6) is 0 Å². The van der Waals surface area contributed by atoms with Gasteiger partial charge in [-0.25, -0.2) is 17.6 Å². The fraction of sp³-hybridized carbons (Fsp3) is 0.227. The first-order chi connectivity index (χ1) is 14.7. The fourth-order valence-electron chi connectivity index (χ4n) is 3.28. The van der Waals surface area contributed by atoms with Crippen molar-refractivity contribution in [2.45, 2.75) is 19.8 Å². The van der Waals surface area contributed by atoms with Crippen LogP contribution in [0.25, 0.3) is 11.1 Å². The van der Waals surface area contributed by atoms with Gasteiger partial charge < -0.3 is 4.74 Å². The van der Waals surface area contributed by atoms with Gasteiger partial charge in [0.1, 0.15) is 23.3 Å². The number of imide groups is 1. The highest BCUT2D eigenvalue weighted by molar-refractivity contribution is 6.49. The highest BCUT2D eigenvalue weighted by Crippen LogP contribution is 2.38. The predicted molar refractivity (Wildman–Crippen MR) is 102 cm³/mol. The van der Waals surface area contributed by atoms with Gasteiger partial charge in [-0.05, 0) is 37.6 Å². The number of rotatable bonds is 7. The molecular weight excluding hydrogens is 418 g/mol. The zero-order valence-electron chi connectivity index (χ0n) is 16.4. The molecule has 3 rings (SSSR count). The van der Waals surface area contributed by atoms with Gasteiger partial charge in [0.25, 0.3) is 11.8 Å². The third kappa shape index (κ3) is 4.50. The summed E-state index contributed by atoms with van der Waals surface area (Å²) in [6.07, 6.45) is -0.0138. The summed E-state index contributed by atoms with van der Waals surface area (Å²) >= 11 is 0. The van der Waals surface area contributed by atoms with Gasteiger partial charge in [-0.15, -0.1) is 0 Å². The van der Waals surface area contributed by atoms with Gasteiger partial charge in [0.2, 0.25) is 0 Å². The van der Waals surface area contributed by atoms with Crippen LogP contribution in [0.4, 0.5) is 17.6 Å². The van der Waals surface area contributed by atoms with E-state index in [0.29, 0.717) is 12.1 Å². The van der Waals surface area contributed by atoms with Crippen molar-refractivity contribution in [3.63, 3.8) is 0 Å². The lowest BCUT2D eigenvalue weighted by atomic mass is 9.95. The summed E-state index contributed by atoms with van der Waals surface area (Å²) in [6, 6.07) is 4.78. The Morgan fingerprint density at radius 1 is 0.871 bits per heavy atom. The number of ether oxygens (including phenoxy) is 1. The minimum absolute atomic E-state index is 0.0642. The normalized spacial score (nSPS) is 13.9. The summed E-state index contributed by atoms with van der Waals surface area (Å²) < 4.78 is 60.4. The Kier molecular flexibility index (Phi) is 6.53. The Morgan fingerprint density at radius 2 is 1.35 bits per heavy atom. The van der Waals surface area contributed by atoms with E-state index in [9.17, 15) is 31.9 Å². The number of esters is 1. The van der Waals surface area contributed by atoms with Crippen LogP contribution in [0.2, 0.25) is 0 Å². The molecule has 1 heterocycles. The molecule has 1 aliphatic rings. The monoisotopic (exact) mass is 435 g/mol. The van der Waals surface area contributed by atoms with Crippen LogP contribution in [0.3, 0.4) is 0 Å². The molecule has 31 heavy (non-hydrogen) atoms. The third-order valence-corrected chi connectivity index (χ3v) is 4.64. The van der Waals surface area contributed by atoms with Gasteiger partial charge in [0.05, 0.1) is 17.8 Å². The van der Waals surface area contributed by atoms with Crippen LogP contribution in [0.15, 0.2) is 36.4 Å². The molecule has 2 amide bonds. The Bertz CT molecular complexity index is 1020. The van der Waals surface area contributed by atoms with Crippen molar-refractivity contribution >= 4 is 28.9 Å². The molecule has 0 fully saturated rings. The van der Waals surface area contributed by atoms with E-state index in [0.717, 1.165) is 29.2 Å². The summed E-state index contributed by atoms with van der Waals surface area (Å²) in [6.45, 7) is 1.58. The zero-order chi connectivity index (χ0) is 22.7. The molecule has 0 N–H and O–H groups in total. The standard InChI is InChI=1S/C22H17F4NO4/c1-2-31-18(28)4-3-9-27-21(29)19(14-7-5-12(23)10-16(14)25)20(22(27)30)15-8-6-13(24)11-17(15)26/h5-8,10-11H,2-4,9H2,1H3. The Balaban J connectivity index is 2.04. The van der Waals surface area contributed by atoms with Crippen molar-refractivity contribution in [1.29, 1.82) is 0 Å². The first-order valence-corrected chi connectivity index (χ1v) is 9.41. The van der Waals surface area contributed by atoms with Crippen LogP contribution in [0.1, 0.15) is 30.9 Å². The fourth-order valence-corrected chi connectivity index (χ4v) is 3.28. The van der Waals surface area contributed by atoms with Gasteiger partial charge in [-0.2, -0.15) is 0 Å². The van der Waals surface area contributed by atoms with Gasteiger partial charge in [-0.1, -0.05) is 0 Å². The van der Waals surface area contributed by atoms with Crippen LogP contribution >= 0.6 is 0 Å². The quantitative estimate of drug-likeness (QED) is 0.376. The van der Waals surface area contributed by atoms with Gasteiger partial charge in [0.15, 0.2) is 0 Å². The molecule has 0 unspecified atom stereocenters. The maximum absolute atomic E-state index is 14.5. The van der Waals surface area contributed by atoms with Crippen molar-refractivity contribution in [3.8, 4) is 0 Å². The van der Waals surface area contributed by atoms with Gasteiger partial charge >= 0.3 is 5.97 Å². The Morgan fingerprint density at radius 3 is 1.77 bits per heavy atom. The van der Waals surface area contributed by atoms with Crippen molar-refractivity contribution in [3.05, 3.63) is 70.8 Å². The summed E-state index contributed by atoms with van der Waals surface area (Å²) in [5.41, 5.74) is -1.73. The minimum atomic E-state index is -1.12. The summed E-state index contributed by atoms with van der Waals surface area (Å²) in [5.74, 6) is -6.44. The molecule has 0 aromatic heterocycles. The van der Waals surface area contributed by atoms with E-state index in [-0.39, 0.29) is 26.0 Å². The molecule has 2 aromatic carbocycles.